The SMILES string of the molecule is OC(c1ccc2c(cnn2-c2ccc(F)cc2)c1)(c1cccc2ccccc12)C1CC1. The summed E-state index contributed by atoms with van der Waals surface area (Å²) in [5.74, 6) is -0.0741. The first-order chi connectivity index (χ1) is 15.1. The van der Waals surface area contributed by atoms with Gasteiger partial charge in [-0.3, -0.25) is 0 Å². The third kappa shape index (κ3) is 2.87. The van der Waals surface area contributed by atoms with Gasteiger partial charge in [-0.05, 0) is 77.1 Å². The van der Waals surface area contributed by atoms with E-state index in [1.54, 1.807) is 23.0 Å². The van der Waals surface area contributed by atoms with Crippen LogP contribution in [0.3, 0.4) is 0 Å². The third-order valence-electron chi connectivity index (χ3n) is 6.45. The lowest BCUT2D eigenvalue weighted by Gasteiger charge is -2.31. The number of fused-ring (bicyclic) bond motifs is 2. The summed E-state index contributed by atoms with van der Waals surface area (Å²) in [7, 11) is 0. The van der Waals surface area contributed by atoms with E-state index in [1.807, 2.05) is 42.5 Å². The topological polar surface area (TPSA) is 38.1 Å². The Labute approximate surface area is 179 Å². The van der Waals surface area contributed by atoms with Crippen molar-refractivity contribution in [1.82, 2.24) is 9.78 Å². The van der Waals surface area contributed by atoms with Crippen molar-refractivity contribution in [2.75, 3.05) is 0 Å². The van der Waals surface area contributed by atoms with Gasteiger partial charge in [0.25, 0.3) is 0 Å². The van der Waals surface area contributed by atoms with E-state index in [0.717, 1.165) is 51.3 Å². The Morgan fingerprint density at radius 1 is 0.871 bits per heavy atom. The smallest absolute Gasteiger partial charge is 0.123 e. The molecule has 1 aromatic heterocycles. The Morgan fingerprint density at radius 3 is 2.45 bits per heavy atom. The summed E-state index contributed by atoms with van der Waals surface area (Å²) in [5.41, 5.74) is 2.52. The standard InChI is InChI=1S/C27H21FN2O/c28-22-11-13-23(14-12-22)30-26-15-10-21(16-19(26)17-29-30)27(31,20-8-9-20)25-7-3-5-18-4-1-2-6-24(18)25/h1-7,10-17,20,31H,8-9H2. The molecule has 4 heteroatoms. The Balaban J connectivity index is 1.51. The third-order valence-corrected chi connectivity index (χ3v) is 6.45. The predicted molar refractivity (Wildman–Crippen MR) is 121 cm³/mol. The van der Waals surface area contributed by atoms with E-state index in [0.29, 0.717) is 0 Å². The second kappa shape index (κ2) is 6.76. The summed E-state index contributed by atoms with van der Waals surface area (Å²) in [6, 6.07) is 26.7. The van der Waals surface area contributed by atoms with Crippen LogP contribution in [0.1, 0.15) is 24.0 Å². The summed E-state index contributed by atoms with van der Waals surface area (Å²) >= 11 is 0. The average molecular weight is 408 g/mol. The van der Waals surface area contributed by atoms with Gasteiger partial charge >= 0.3 is 0 Å². The van der Waals surface area contributed by atoms with E-state index in [-0.39, 0.29) is 11.7 Å². The summed E-state index contributed by atoms with van der Waals surface area (Å²) in [6.45, 7) is 0. The molecule has 1 atom stereocenters. The molecule has 3 nitrogen and oxygen atoms in total. The van der Waals surface area contributed by atoms with Gasteiger partial charge in [-0.1, -0.05) is 48.5 Å². The second-order valence-corrected chi connectivity index (χ2v) is 8.37. The molecule has 31 heavy (non-hydrogen) atoms. The highest BCUT2D eigenvalue weighted by atomic mass is 19.1. The van der Waals surface area contributed by atoms with Crippen LogP contribution in [0.4, 0.5) is 4.39 Å². The van der Waals surface area contributed by atoms with E-state index in [2.05, 4.69) is 23.3 Å². The fraction of sp³-hybridized carbons (Fsp3) is 0.148. The van der Waals surface area contributed by atoms with Gasteiger partial charge in [0.05, 0.1) is 17.4 Å². The number of halogens is 1. The minimum atomic E-state index is -1.05. The maximum absolute atomic E-state index is 13.3. The molecule has 1 N–H and O–H groups in total. The van der Waals surface area contributed by atoms with E-state index in [9.17, 15) is 9.50 Å². The van der Waals surface area contributed by atoms with Crippen LogP contribution in [-0.2, 0) is 5.60 Å². The molecule has 1 unspecified atom stereocenters. The Hall–Kier alpha value is -3.50. The summed E-state index contributed by atoms with van der Waals surface area (Å²) < 4.78 is 15.1. The maximum Gasteiger partial charge on any atom is 0.123 e. The Kier molecular flexibility index (Phi) is 3.99. The van der Waals surface area contributed by atoms with E-state index in [4.69, 9.17) is 0 Å². The zero-order valence-electron chi connectivity index (χ0n) is 16.9. The summed E-state index contributed by atoms with van der Waals surface area (Å²) in [5, 5.41) is 19.8. The van der Waals surface area contributed by atoms with Crippen molar-refractivity contribution in [1.29, 1.82) is 0 Å². The van der Waals surface area contributed by atoms with Gasteiger partial charge in [-0.2, -0.15) is 5.10 Å². The molecule has 0 aliphatic heterocycles. The van der Waals surface area contributed by atoms with Crippen molar-refractivity contribution in [3.63, 3.8) is 0 Å². The van der Waals surface area contributed by atoms with Crippen LogP contribution in [-0.4, -0.2) is 14.9 Å². The predicted octanol–water partition coefficient (Wildman–Crippen LogP) is 5.96. The van der Waals surface area contributed by atoms with Crippen LogP contribution in [0.15, 0.2) is 91.1 Å². The summed E-state index contributed by atoms with van der Waals surface area (Å²) in [6.07, 6.45) is 3.82. The van der Waals surface area contributed by atoms with Crippen LogP contribution in [0.25, 0.3) is 27.4 Å². The molecule has 1 heterocycles. The van der Waals surface area contributed by atoms with Gasteiger partial charge < -0.3 is 5.11 Å². The molecule has 1 aliphatic carbocycles. The zero-order chi connectivity index (χ0) is 21.0. The number of aliphatic hydroxyl groups is 1. The number of aromatic nitrogens is 2. The fourth-order valence-corrected chi connectivity index (χ4v) is 4.73. The number of hydrogen-bond acceptors (Lipinski definition) is 2. The molecule has 0 saturated heterocycles. The van der Waals surface area contributed by atoms with Crippen LogP contribution < -0.4 is 0 Å². The maximum atomic E-state index is 13.3. The highest BCUT2D eigenvalue weighted by Gasteiger charge is 2.47. The van der Waals surface area contributed by atoms with Crippen LogP contribution in [0.2, 0.25) is 0 Å². The number of benzene rings is 4. The van der Waals surface area contributed by atoms with Gasteiger partial charge in [-0.25, -0.2) is 9.07 Å². The van der Waals surface area contributed by atoms with Crippen LogP contribution >= 0.6 is 0 Å². The van der Waals surface area contributed by atoms with Crippen molar-refractivity contribution < 1.29 is 9.50 Å². The van der Waals surface area contributed by atoms with E-state index < -0.39 is 5.60 Å². The molecule has 5 aromatic rings. The number of rotatable bonds is 4. The van der Waals surface area contributed by atoms with Gasteiger partial charge in [0.1, 0.15) is 11.4 Å². The lowest BCUT2D eigenvalue weighted by molar-refractivity contribution is 0.0581. The molecule has 6 rings (SSSR count). The van der Waals surface area contributed by atoms with Crippen molar-refractivity contribution >= 4 is 21.7 Å². The minimum Gasteiger partial charge on any atom is -0.380 e. The number of hydrogen-bond donors (Lipinski definition) is 1. The minimum absolute atomic E-state index is 0.197. The molecule has 0 amide bonds. The van der Waals surface area contributed by atoms with Crippen molar-refractivity contribution in [3.8, 4) is 5.69 Å². The molecular formula is C27H21FN2O. The highest BCUT2D eigenvalue weighted by molar-refractivity contribution is 5.88. The molecule has 0 radical (unpaired) electrons. The molecular weight excluding hydrogens is 387 g/mol. The average Bonchev–Trinajstić information content (AvgIpc) is 3.59. The van der Waals surface area contributed by atoms with Gasteiger partial charge in [0.15, 0.2) is 0 Å². The first-order valence-electron chi connectivity index (χ1n) is 10.6. The van der Waals surface area contributed by atoms with E-state index >= 15 is 0 Å². The van der Waals surface area contributed by atoms with Gasteiger partial charge in [0.2, 0.25) is 0 Å². The normalized spacial score (nSPS) is 15.9. The first kappa shape index (κ1) is 18.3. The Bertz CT molecular complexity index is 1410. The molecule has 0 bridgehead atoms. The van der Waals surface area contributed by atoms with Crippen molar-refractivity contribution in [2.45, 2.75) is 18.4 Å². The summed E-state index contributed by atoms with van der Waals surface area (Å²) in [4.78, 5) is 0. The molecule has 1 saturated carbocycles. The molecule has 1 aliphatic rings. The zero-order valence-corrected chi connectivity index (χ0v) is 16.9. The lowest BCUT2D eigenvalue weighted by atomic mass is 9.79. The molecule has 152 valence electrons. The van der Waals surface area contributed by atoms with E-state index in [1.165, 1.54) is 12.1 Å². The monoisotopic (exact) mass is 408 g/mol. The fourth-order valence-electron chi connectivity index (χ4n) is 4.73. The van der Waals surface area contributed by atoms with Crippen molar-refractivity contribution in [3.05, 3.63) is 108 Å². The second-order valence-electron chi connectivity index (χ2n) is 8.37. The number of nitrogens with zero attached hydrogens (tertiary/aromatic N) is 2. The molecule has 4 aromatic carbocycles. The van der Waals surface area contributed by atoms with Crippen LogP contribution in [0.5, 0.6) is 0 Å². The quantitative estimate of drug-likeness (QED) is 0.398. The largest absolute Gasteiger partial charge is 0.380 e. The van der Waals surface area contributed by atoms with Gasteiger partial charge in [0, 0.05) is 5.39 Å². The van der Waals surface area contributed by atoms with Gasteiger partial charge in [-0.15, -0.1) is 0 Å². The molecule has 0 spiro atoms. The highest BCUT2D eigenvalue weighted by Crippen LogP contribution is 2.51. The lowest BCUT2D eigenvalue weighted by Crippen LogP contribution is -2.30. The molecule has 1 fully saturated rings. The first-order valence-corrected chi connectivity index (χ1v) is 10.6. The van der Waals surface area contributed by atoms with Crippen molar-refractivity contribution in [2.24, 2.45) is 5.92 Å². The van der Waals surface area contributed by atoms with Crippen LogP contribution in [0, 0.1) is 11.7 Å². The Morgan fingerprint density at radius 2 is 1.65 bits per heavy atom.